The number of aromatic nitrogens is 1. The third kappa shape index (κ3) is 18.9. The number of nitrogens with zero attached hydrogens (tertiary/aromatic N) is 2. The van der Waals surface area contributed by atoms with Gasteiger partial charge in [-0.3, -0.25) is 53.1 Å². The number of fused-ring (bicyclic) bond motifs is 1. The molecule has 0 radical (unpaired) electrons. The second kappa shape index (κ2) is 28.4. The zero-order valence-corrected chi connectivity index (χ0v) is 40.5. The van der Waals surface area contributed by atoms with E-state index in [2.05, 4.69) is 57.5 Å². The molecule has 1 aromatic heterocycles. The first-order valence-corrected chi connectivity index (χ1v) is 23.7. The van der Waals surface area contributed by atoms with Gasteiger partial charge in [0.25, 0.3) is 0 Å². The molecule has 9 amide bonds. The Labute approximate surface area is 416 Å². The average Bonchev–Trinajstić information content (AvgIpc) is 3.74. The molecule has 72 heavy (non-hydrogen) atoms. The van der Waals surface area contributed by atoms with Crippen LogP contribution in [0.1, 0.15) is 76.3 Å². The maximum absolute atomic E-state index is 14.4. The van der Waals surface area contributed by atoms with Crippen LogP contribution >= 0.6 is 0 Å². The topological polar surface area (TPSA) is 420 Å². The van der Waals surface area contributed by atoms with E-state index in [1.165, 1.54) is 13.8 Å². The second-order valence-electron chi connectivity index (χ2n) is 17.4. The van der Waals surface area contributed by atoms with Crippen molar-refractivity contribution in [1.29, 1.82) is 0 Å². The van der Waals surface area contributed by atoms with E-state index in [-0.39, 0.29) is 95.8 Å². The van der Waals surface area contributed by atoms with Gasteiger partial charge in [-0.25, -0.2) is 0 Å². The van der Waals surface area contributed by atoms with Crippen molar-refractivity contribution < 1.29 is 43.2 Å². The van der Waals surface area contributed by atoms with E-state index in [0.717, 1.165) is 10.9 Å². The first-order chi connectivity index (χ1) is 34.3. The molecular weight excluding hydrogens is 933 g/mol. The van der Waals surface area contributed by atoms with Crippen molar-refractivity contribution in [2.45, 2.75) is 120 Å². The van der Waals surface area contributed by atoms with Crippen molar-refractivity contribution in [3.8, 4) is 0 Å². The molecule has 19 N–H and O–H groups in total. The monoisotopic (exact) mass is 1000 g/mol. The average molecular weight is 1000 g/mol. The number of nitrogens with one attached hydrogen (secondary N) is 9. The van der Waals surface area contributed by atoms with Crippen LogP contribution in [0.2, 0.25) is 0 Å². The van der Waals surface area contributed by atoms with Crippen LogP contribution in [0.3, 0.4) is 0 Å². The standard InChI is InChI=1S/C47H68N16O9/c1-26-40(67)62-36(23-28-11-4-3-5-12-28)44(71)61-35(17-10-22-55-47(51)52)43(70)63-37(24-29-25-56-31-14-7-6-13-30(29)31)45(72)59-32(39(48)66)18-19-38(65)53-20-8-16-34(41(68)57-26)60-42(69)33(58-27(2)64)15-9-21-54-46(49)50/h3-7,11-14,25-26,32-37,56H,8-10,15-24H2,1-2H3,(H2,48,66)(H,53,65)(H,57,68)(H,58,64)(H,59,72)(H,60,69)(H,61,71)(H,62,67)(H,63,70)(H4,49,50,54)(H4,51,52,55). The number of benzene rings is 2. The summed E-state index contributed by atoms with van der Waals surface area (Å²) in [6.45, 7) is 2.78. The number of primary amides is 1. The lowest BCUT2D eigenvalue weighted by molar-refractivity contribution is -0.135. The van der Waals surface area contributed by atoms with Gasteiger partial charge in [0.15, 0.2) is 11.9 Å². The Kier molecular flexibility index (Phi) is 22.2. The Morgan fingerprint density at radius 3 is 2.00 bits per heavy atom. The van der Waals surface area contributed by atoms with Gasteiger partial charge in [0.2, 0.25) is 53.2 Å². The van der Waals surface area contributed by atoms with Gasteiger partial charge < -0.3 is 76.2 Å². The van der Waals surface area contributed by atoms with Crippen molar-refractivity contribution >= 4 is 76.0 Å². The highest BCUT2D eigenvalue weighted by atomic mass is 16.2. The van der Waals surface area contributed by atoms with E-state index in [4.69, 9.17) is 28.7 Å². The smallest absolute Gasteiger partial charge is 0.243 e. The van der Waals surface area contributed by atoms with Gasteiger partial charge in [0.1, 0.15) is 42.3 Å². The van der Waals surface area contributed by atoms with Crippen molar-refractivity contribution in [3.05, 3.63) is 71.9 Å². The summed E-state index contributed by atoms with van der Waals surface area (Å²) in [5.74, 6) is -7.15. The molecule has 0 bridgehead atoms. The number of carbonyl (C=O) groups is 9. The summed E-state index contributed by atoms with van der Waals surface area (Å²) >= 11 is 0. The van der Waals surface area contributed by atoms with Gasteiger partial charge in [-0.15, -0.1) is 0 Å². The number of nitrogens with two attached hydrogens (primary N) is 5. The molecule has 1 saturated heterocycles. The molecule has 1 fully saturated rings. The van der Waals surface area contributed by atoms with Crippen LogP contribution in [0.25, 0.3) is 10.9 Å². The first kappa shape index (κ1) is 56.3. The van der Waals surface area contributed by atoms with Gasteiger partial charge in [-0.05, 0) is 69.1 Å². The maximum atomic E-state index is 14.4. The lowest BCUT2D eigenvalue weighted by Crippen LogP contribution is -2.60. The highest BCUT2D eigenvalue weighted by Crippen LogP contribution is 2.20. The lowest BCUT2D eigenvalue weighted by Gasteiger charge is -2.27. The summed E-state index contributed by atoms with van der Waals surface area (Å²) in [4.78, 5) is 134. The summed E-state index contributed by atoms with van der Waals surface area (Å²) in [7, 11) is 0. The second-order valence-corrected chi connectivity index (χ2v) is 17.4. The summed E-state index contributed by atoms with van der Waals surface area (Å²) in [5.41, 5.74) is 29.7. The molecule has 0 aliphatic carbocycles. The van der Waals surface area contributed by atoms with E-state index >= 15 is 0 Å². The molecule has 4 rings (SSSR count). The molecule has 7 unspecified atom stereocenters. The molecule has 1 aliphatic heterocycles. The number of aromatic amines is 1. The summed E-state index contributed by atoms with van der Waals surface area (Å²) in [6.07, 6.45) is 1.51. The summed E-state index contributed by atoms with van der Waals surface area (Å²) < 4.78 is 0. The molecule has 3 aromatic rings. The van der Waals surface area contributed by atoms with Crippen LogP contribution in [0, 0.1) is 0 Å². The number of hydrogen-bond donors (Lipinski definition) is 14. The highest BCUT2D eigenvalue weighted by molar-refractivity contribution is 5.98. The Morgan fingerprint density at radius 1 is 0.708 bits per heavy atom. The lowest BCUT2D eigenvalue weighted by atomic mass is 10.0. The number of guanidine groups is 2. The fraction of sp³-hybridized carbons (Fsp3) is 0.468. The largest absolute Gasteiger partial charge is 0.370 e. The van der Waals surface area contributed by atoms with E-state index in [0.29, 0.717) is 11.1 Å². The van der Waals surface area contributed by atoms with E-state index < -0.39 is 95.5 Å². The fourth-order valence-corrected chi connectivity index (χ4v) is 7.80. The Morgan fingerprint density at radius 2 is 1.32 bits per heavy atom. The highest BCUT2D eigenvalue weighted by Gasteiger charge is 2.34. The van der Waals surface area contributed by atoms with Crippen molar-refractivity contribution in [2.24, 2.45) is 38.7 Å². The minimum absolute atomic E-state index is 0.0160. The van der Waals surface area contributed by atoms with Crippen molar-refractivity contribution in [1.82, 2.24) is 47.5 Å². The molecule has 390 valence electrons. The number of carbonyl (C=O) groups excluding carboxylic acids is 9. The molecule has 25 nitrogen and oxygen atoms in total. The minimum atomic E-state index is -1.37. The van der Waals surface area contributed by atoms with Crippen LogP contribution in [0.15, 0.2) is 70.8 Å². The zero-order chi connectivity index (χ0) is 52.7. The number of para-hydroxylation sites is 1. The Bertz CT molecular complexity index is 2440. The van der Waals surface area contributed by atoms with E-state index in [9.17, 15) is 43.2 Å². The quantitative estimate of drug-likeness (QED) is 0.0380. The molecule has 1 aliphatic rings. The normalized spacial score (nSPS) is 21.5. The zero-order valence-electron chi connectivity index (χ0n) is 40.5. The van der Waals surface area contributed by atoms with E-state index in [1.807, 2.05) is 18.2 Å². The number of amides is 9. The maximum Gasteiger partial charge on any atom is 0.243 e. The number of H-pyrrole nitrogens is 1. The summed E-state index contributed by atoms with van der Waals surface area (Å²) in [5, 5.41) is 22.0. The third-order valence-electron chi connectivity index (χ3n) is 11.6. The molecule has 0 spiro atoms. The molecule has 2 aromatic carbocycles. The number of aliphatic imine (C=N–C) groups is 2. The van der Waals surface area contributed by atoms with Gasteiger partial charge in [0.05, 0.1) is 0 Å². The molecular formula is C47H68N16O9. The molecule has 0 saturated carbocycles. The third-order valence-corrected chi connectivity index (χ3v) is 11.6. The van der Waals surface area contributed by atoms with Gasteiger partial charge in [-0.2, -0.15) is 0 Å². The minimum Gasteiger partial charge on any atom is -0.370 e. The van der Waals surface area contributed by atoms with Crippen LogP contribution in [-0.2, 0) is 56.0 Å². The SMILES string of the molecule is CC(=O)NC(CCCN=C(N)N)C(=O)NC1CCCNC(=O)CCC(C(N)=O)NC(=O)C(Cc2c[nH]c3ccccc23)NC(=O)C(CCCN=C(N)N)NC(=O)C(Cc2ccccc2)NC(=O)C(C)NC1=O. The fourth-order valence-electron chi connectivity index (χ4n) is 7.80. The molecule has 25 heteroatoms. The predicted molar refractivity (Wildman–Crippen MR) is 268 cm³/mol. The van der Waals surface area contributed by atoms with Gasteiger partial charge in [-0.1, -0.05) is 48.5 Å². The first-order valence-electron chi connectivity index (χ1n) is 23.7. The number of rotatable bonds is 16. The van der Waals surface area contributed by atoms with E-state index in [1.54, 1.807) is 42.6 Å². The van der Waals surface area contributed by atoms with Crippen molar-refractivity contribution in [2.75, 3.05) is 19.6 Å². The Hall–Kier alpha value is -8.25. The van der Waals surface area contributed by atoms with Gasteiger partial charge >= 0.3 is 0 Å². The summed E-state index contributed by atoms with van der Waals surface area (Å²) in [6, 6.07) is 6.81. The van der Waals surface area contributed by atoms with Crippen LogP contribution in [-0.4, -0.2) is 132 Å². The van der Waals surface area contributed by atoms with Crippen LogP contribution in [0.4, 0.5) is 0 Å². The van der Waals surface area contributed by atoms with Gasteiger partial charge in [0, 0.05) is 62.9 Å². The Balaban J connectivity index is 1.71. The number of hydrogen-bond acceptors (Lipinski definition) is 11. The van der Waals surface area contributed by atoms with Crippen LogP contribution in [0.5, 0.6) is 0 Å². The molecule has 7 atom stereocenters. The molecule has 2 heterocycles. The van der Waals surface area contributed by atoms with Crippen LogP contribution < -0.4 is 71.2 Å². The predicted octanol–water partition coefficient (Wildman–Crippen LogP) is -3.33. The van der Waals surface area contributed by atoms with Crippen molar-refractivity contribution in [3.63, 3.8) is 0 Å².